The third-order valence-electron chi connectivity index (χ3n) is 3.53. The highest BCUT2D eigenvalue weighted by atomic mass is 79.9. The van der Waals surface area contributed by atoms with Crippen molar-refractivity contribution in [2.24, 2.45) is 0 Å². The zero-order chi connectivity index (χ0) is 18.4. The smallest absolute Gasteiger partial charge is 0.356 e. The lowest BCUT2D eigenvalue weighted by atomic mass is 10.1. The summed E-state index contributed by atoms with van der Waals surface area (Å²) in [6.45, 7) is 0.469. The van der Waals surface area contributed by atoms with Crippen molar-refractivity contribution in [2.45, 2.75) is 6.61 Å². The van der Waals surface area contributed by atoms with Gasteiger partial charge in [0.05, 0.1) is 18.1 Å². The van der Waals surface area contributed by atoms with Gasteiger partial charge in [-0.05, 0) is 35.9 Å². The molecule has 1 heterocycles. The molecule has 0 spiro atoms. The van der Waals surface area contributed by atoms with Crippen LogP contribution >= 0.6 is 15.9 Å². The lowest BCUT2D eigenvalue weighted by molar-refractivity contribution is 0.0690. The Morgan fingerprint density at radius 2 is 1.88 bits per heavy atom. The maximum absolute atomic E-state index is 10.8. The van der Waals surface area contributed by atoms with Crippen molar-refractivity contribution in [3.63, 3.8) is 0 Å². The number of ether oxygens (including phenoxy) is 1. The normalized spacial score (nSPS) is 10.8. The monoisotopic (exact) mass is 410 g/mol. The molecule has 1 N–H and O–H groups in total. The number of hydrogen-bond acceptors (Lipinski definition) is 4. The summed E-state index contributed by atoms with van der Waals surface area (Å²) in [7, 11) is 0. The summed E-state index contributed by atoms with van der Waals surface area (Å²) in [6, 6.07) is 15.7. The van der Waals surface area contributed by atoms with Crippen molar-refractivity contribution in [2.75, 3.05) is 0 Å². The SMILES string of the molecule is O=C(O)c1cnc(/C=C/c2cc(Br)ccc2OCc2ccccc2)cn1. The van der Waals surface area contributed by atoms with E-state index in [9.17, 15) is 4.79 Å². The van der Waals surface area contributed by atoms with Crippen LogP contribution in [0.1, 0.15) is 27.3 Å². The molecule has 3 aromatic rings. The van der Waals surface area contributed by atoms with Gasteiger partial charge in [-0.15, -0.1) is 0 Å². The van der Waals surface area contributed by atoms with Crippen LogP contribution in [0.25, 0.3) is 12.2 Å². The van der Waals surface area contributed by atoms with Gasteiger partial charge in [0.25, 0.3) is 0 Å². The number of carbonyl (C=O) groups is 1. The summed E-state index contributed by atoms with van der Waals surface area (Å²) >= 11 is 3.46. The number of halogens is 1. The van der Waals surface area contributed by atoms with Crippen LogP contribution in [0.2, 0.25) is 0 Å². The minimum atomic E-state index is -1.10. The van der Waals surface area contributed by atoms with Gasteiger partial charge in [0.15, 0.2) is 5.69 Å². The Labute approximate surface area is 159 Å². The number of benzene rings is 2. The fraction of sp³-hybridized carbons (Fsp3) is 0.0500. The molecule has 6 heteroatoms. The molecule has 0 amide bonds. The van der Waals surface area contributed by atoms with Gasteiger partial charge in [0.1, 0.15) is 12.4 Å². The standard InChI is InChI=1S/C20H15BrN2O3/c21-16-7-9-19(26-13-14-4-2-1-3-5-14)15(10-16)6-8-17-11-23-18(12-22-17)20(24)25/h1-12H,13H2,(H,24,25)/b8-6+. The molecule has 130 valence electrons. The molecular weight excluding hydrogens is 396 g/mol. The van der Waals surface area contributed by atoms with Crippen LogP contribution < -0.4 is 4.74 Å². The molecule has 1 aromatic heterocycles. The van der Waals surface area contributed by atoms with E-state index in [1.165, 1.54) is 12.4 Å². The lowest BCUT2D eigenvalue weighted by Crippen LogP contribution is -2.01. The minimum Gasteiger partial charge on any atom is -0.488 e. The second-order valence-electron chi connectivity index (χ2n) is 5.42. The van der Waals surface area contributed by atoms with Crippen LogP contribution in [0.4, 0.5) is 0 Å². The topological polar surface area (TPSA) is 72.3 Å². The molecular formula is C20H15BrN2O3. The zero-order valence-corrected chi connectivity index (χ0v) is 15.3. The average molecular weight is 411 g/mol. The highest BCUT2D eigenvalue weighted by molar-refractivity contribution is 9.10. The molecule has 5 nitrogen and oxygen atoms in total. The van der Waals surface area contributed by atoms with Crippen molar-refractivity contribution in [1.82, 2.24) is 9.97 Å². The Morgan fingerprint density at radius 3 is 2.58 bits per heavy atom. The first-order chi connectivity index (χ1) is 12.6. The molecule has 0 fully saturated rings. The van der Waals surface area contributed by atoms with Gasteiger partial charge < -0.3 is 9.84 Å². The summed E-state index contributed by atoms with van der Waals surface area (Å²) < 4.78 is 6.86. The maximum atomic E-state index is 10.8. The second kappa shape index (κ2) is 8.40. The van der Waals surface area contributed by atoms with Gasteiger partial charge in [-0.3, -0.25) is 4.98 Å². The van der Waals surface area contributed by atoms with E-state index in [1.807, 2.05) is 54.6 Å². The molecule has 0 saturated carbocycles. The van der Waals surface area contributed by atoms with Crippen LogP contribution in [-0.2, 0) is 6.61 Å². The predicted octanol–water partition coefficient (Wildman–Crippen LogP) is 4.69. The highest BCUT2D eigenvalue weighted by Crippen LogP contribution is 2.26. The van der Waals surface area contributed by atoms with Gasteiger partial charge in [-0.2, -0.15) is 0 Å². The predicted molar refractivity (Wildman–Crippen MR) is 103 cm³/mol. The Kier molecular flexibility index (Phi) is 5.76. The first kappa shape index (κ1) is 17.8. The minimum absolute atomic E-state index is 0.0866. The molecule has 0 aliphatic carbocycles. The van der Waals surface area contributed by atoms with Crippen LogP contribution in [0.3, 0.4) is 0 Å². The van der Waals surface area contributed by atoms with E-state index in [0.29, 0.717) is 12.3 Å². The van der Waals surface area contributed by atoms with Crippen molar-refractivity contribution >= 4 is 34.1 Å². The molecule has 0 bridgehead atoms. The number of carboxylic acid groups (broad SMARTS) is 1. The summed E-state index contributed by atoms with van der Waals surface area (Å²) in [6.07, 6.45) is 6.27. The van der Waals surface area contributed by atoms with Crippen LogP contribution in [-0.4, -0.2) is 21.0 Å². The first-order valence-electron chi connectivity index (χ1n) is 7.81. The van der Waals surface area contributed by atoms with E-state index >= 15 is 0 Å². The number of carboxylic acids is 1. The quantitative estimate of drug-likeness (QED) is 0.638. The number of rotatable bonds is 6. The number of aromatic nitrogens is 2. The fourth-order valence-electron chi connectivity index (χ4n) is 2.23. The van der Waals surface area contributed by atoms with E-state index in [-0.39, 0.29) is 5.69 Å². The molecule has 3 rings (SSSR count). The maximum Gasteiger partial charge on any atom is 0.356 e. The zero-order valence-electron chi connectivity index (χ0n) is 13.7. The van der Waals surface area contributed by atoms with Crippen molar-refractivity contribution < 1.29 is 14.6 Å². The van der Waals surface area contributed by atoms with Crippen LogP contribution in [0, 0.1) is 0 Å². The largest absolute Gasteiger partial charge is 0.488 e. The number of nitrogens with zero attached hydrogens (tertiary/aromatic N) is 2. The third kappa shape index (κ3) is 4.77. The summed E-state index contributed by atoms with van der Waals surface area (Å²) in [5.41, 5.74) is 2.43. The van der Waals surface area contributed by atoms with E-state index in [2.05, 4.69) is 25.9 Å². The summed E-state index contributed by atoms with van der Waals surface area (Å²) in [5.74, 6) is -0.361. The van der Waals surface area contributed by atoms with Crippen molar-refractivity contribution in [1.29, 1.82) is 0 Å². The third-order valence-corrected chi connectivity index (χ3v) is 4.03. The highest BCUT2D eigenvalue weighted by Gasteiger charge is 2.05. The molecule has 0 aliphatic rings. The summed E-state index contributed by atoms with van der Waals surface area (Å²) in [5, 5.41) is 8.86. The number of hydrogen-bond donors (Lipinski definition) is 1. The Morgan fingerprint density at radius 1 is 1.08 bits per heavy atom. The van der Waals surface area contributed by atoms with E-state index < -0.39 is 5.97 Å². The van der Waals surface area contributed by atoms with Crippen molar-refractivity contribution in [3.05, 3.63) is 87.9 Å². The van der Waals surface area contributed by atoms with Gasteiger partial charge in [0, 0.05) is 10.0 Å². The van der Waals surface area contributed by atoms with Crippen LogP contribution in [0.5, 0.6) is 5.75 Å². The van der Waals surface area contributed by atoms with Gasteiger partial charge in [-0.25, -0.2) is 9.78 Å². The molecule has 26 heavy (non-hydrogen) atoms. The van der Waals surface area contributed by atoms with E-state index in [0.717, 1.165) is 21.3 Å². The van der Waals surface area contributed by atoms with E-state index in [4.69, 9.17) is 9.84 Å². The Bertz CT molecular complexity index is 926. The molecule has 0 radical (unpaired) electrons. The molecule has 0 atom stereocenters. The molecule has 0 saturated heterocycles. The Hall–Kier alpha value is -2.99. The van der Waals surface area contributed by atoms with Gasteiger partial charge >= 0.3 is 5.97 Å². The second-order valence-corrected chi connectivity index (χ2v) is 6.34. The molecule has 2 aromatic carbocycles. The molecule has 0 aliphatic heterocycles. The van der Waals surface area contributed by atoms with Gasteiger partial charge in [0.2, 0.25) is 0 Å². The van der Waals surface area contributed by atoms with Gasteiger partial charge in [-0.1, -0.05) is 46.3 Å². The fourth-order valence-corrected chi connectivity index (χ4v) is 2.60. The average Bonchev–Trinajstić information content (AvgIpc) is 2.66. The lowest BCUT2D eigenvalue weighted by Gasteiger charge is -2.10. The Balaban J connectivity index is 1.77. The van der Waals surface area contributed by atoms with Crippen LogP contribution in [0.15, 0.2) is 65.4 Å². The first-order valence-corrected chi connectivity index (χ1v) is 8.61. The van der Waals surface area contributed by atoms with E-state index in [1.54, 1.807) is 6.08 Å². The van der Waals surface area contributed by atoms with Crippen molar-refractivity contribution in [3.8, 4) is 5.75 Å². The number of aromatic carboxylic acids is 1. The summed E-state index contributed by atoms with van der Waals surface area (Å²) in [4.78, 5) is 18.8. The molecule has 0 unspecified atom stereocenters.